The SMILES string of the molecule is C#CCOC(=O)[C@]12CC[C@@H](C)[C@H](C)[C@H]1C1=CC[C@@H]3[C@@]4(C)CC[C@H](O)C(C)(C)C4CC[C@@]3(C)[C@]1(C)CC2. The van der Waals surface area contributed by atoms with E-state index in [9.17, 15) is 9.90 Å². The van der Waals surface area contributed by atoms with E-state index >= 15 is 0 Å². The van der Waals surface area contributed by atoms with Gasteiger partial charge in [0.15, 0.2) is 6.61 Å². The number of aliphatic hydroxyl groups excluding tert-OH is 1. The summed E-state index contributed by atoms with van der Waals surface area (Å²) in [6.07, 6.45) is 17.4. The van der Waals surface area contributed by atoms with Crippen LogP contribution in [0.15, 0.2) is 11.6 Å². The Hall–Kier alpha value is -1.27. The standard InChI is InChI=1S/C33H50O3/c1-9-20-36-28(35)33-17-12-21(2)22(3)27(33)23-10-11-25-30(6)15-14-26(34)29(4,5)24(30)13-16-32(25,8)31(23,7)18-19-33/h1,10,21-22,24-27,34H,11-20H2,2-8H3/t21-,22+,24?,25-,26+,27+,30+,31-,32-,33+/m1/s1. The summed E-state index contributed by atoms with van der Waals surface area (Å²) in [5.41, 5.74) is 1.66. The molecule has 0 amide bonds. The zero-order chi connectivity index (χ0) is 26.3. The summed E-state index contributed by atoms with van der Waals surface area (Å²) in [6.45, 7) is 17.2. The summed E-state index contributed by atoms with van der Waals surface area (Å²) in [4.78, 5) is 13.7. The Morgan fingerprint density at radius 2 is 1.75 bits per heavy atom. The minimum atomic E-state index is -0.421. The van der Waals surface area contributed by atoms with Crippen molar-refractivity contribution in [1.29, 1.82) is 0 Å². The zero-order valence-corrected chi connectivity index (χ0v) is 24.0. The highest BCUT2D eigenvalue weighted by Gasteiger charge is 2.69. The Bertz CT molecular complexity index is 987. The number of esters is 1. The topological polar surface area (TPSA) is 46.5 Å². The molecule has 0 saturated heterocycles. The number of hydrogen-bond donors (Lipinski definition) is 1. The molecule has 1 unspecified atom stereocenters. The van der Waals surface area contributed by atoms with E-state index in [2.05, 4.69) is 60.5 Å². The lowest BCUT2D eigenvalue weighted by atomic mass is 9.33. The van der Waals surface area contributed by atoms with Gasteiger partial charge in [-0.3, -0.25) is 4.79 Å². The molecule has 5 aliphatic rings. The third-order valence-corrected chi connectivity index (χ3v) is 13.7. The van der Waals surface area contributed by atoms with Crippen molar-refractivity contribution in [2.24, 2.45) is 56.7 Å². The molecule has 3 nitrogen and oxygen atoms in total. The molecule has 1 N–H and O–H groups in total. The van der Waals surface area contributed by atoms with E-state index in [-0.39, 0.29) is 46.3 Å². The number of ether oxygens (including phenoxy) is 1. The van der Waals surface area contributed by atoms with Crippen LogP contribution in [-0.4, -0.2) is 23.8 Å². The van der Waals surface area contributed by atoms with Gasteiger partial charge in [0.2, 0.25) is 0 Å². The molecule has 200 valence electrons. The molecule has 0 spiro atoms. The van der Waals surface area contributed by atoms with Crippen molar-refractivity contribution >= 4 is 5.97 Å². The number of rotatable bonds is 2. The predicted octanol–water partition coefficient (Wildman–Crippen LogP) is 7.18. The molecule has 36 heavy (non-hydrogen) atoms. The van der Waals surface area contributed by atoms with Crippen LogP contribution in [0.1, 0.15) is 106 Å². The summed E-state index contributed by atoms with van der Waals surface area (Å²) >= 11 is 0. The first-order valence-electron chi connectivity index (χ1n) is 14.8. The van der Waals surface area contributed by atoms with Gasteiger partial charge < -0.3 is 9.84 Å². The minimum Gasteiger partial charge on any atom is -0.452 e. The summed E-state index contributed by atoms with van der Waals surface area (Å²) < 4.78 is 5.71. The highest BCUT2D eigenvalue weighted by molar-refractivity contribution is 5.79. The van der Waals surface area contributed by atoms with Crippen LogP contribution in [0.3, 0.4) is 0 Å². The Morgan fingerprint density at radius 3 is 2.44 bits per heavy atom. The Morgan fingerprint density at radius 1 is 1.03 bits per heavy atom. The van der Waals surface area contributed by atoms with E-state index in [0.717, 1.165) is 44.9 Å². The van der Waals surface area contributed by atoms with Crippen LogP contribution in [0.5, 0.6) is 0 Å². The number of hydrogen-bond acceptors (Lipinski definition) is 3. The Kier molecular flexibility index (Phi) is 6.12. The predicted molar refractivity (Wildman–Crippen MR) is 145 cm³/mol. The maximum Gasteiger partial charge on any atom is 0.313 e. The van der Waals surface area contributed by atoms with E-state index < -0.39 is 5.41 Å². The number of carbonyl (C=O) groups is 1. The second-order valence-electron chi connectivity index (χ2n) is 15.0. The summed E-state index contributed by atoms with van der Waals surface area (Å²) in [5, 5.41) is 10.9. The largest absolute Gasteiger partial charge is 0.452 e. The second-order valence-corrected chi connectivity index (χ2v) is 15.0. The van der Waals surface area contributed by atoms with Crippen molar-refractivity contribution in [3.8, 4) is 12.3 Å². The van der Waals surface area contributed by atoms with Gasteiger partial charge in [-0.25, -0.2) is 0 Å². The van der Waals surface area contributed by atoms with Crippen molar-refractivity contribution in [1.82, 2.24) is 0 Å². The lowest BCUT2D eigenvalue weighted by Gasteiger charge is -2.71. The van der Waals surface area contributed by atoms with Gasteiger partial charge in [-0.15, -0.1) is 6.42 Å². The third-order valence-electron chi connectivity index (χ3n) is 13.7. The Balaban J connectivity index is 1.59. The maximum absolute atomic E-state index is 13.7. The smallest absolute Gasteiger partial charge is 0.313 e. The van der Waals surface area contributed by atoms with Crippen molar-refractivity contribution in [3.63, 3.8) is 0 Å². The summed E-state index contributed by atoms with van der Waals surface area (Å²) in [5.74, 6) is 4.96. The van der Waals surface area contributed by atoms with Crippen LogP contribution < -0.4 is 0 Å². The van der Waals surface area contributed by atoms with E-state index in [1.54, 1.807) is 5.57 Å². The molecule has 0 aliphatic heterocycles. The molecule has 4 fully saturated rings. The van der Waals surface area contributed by atoms with Crippen molar-refractivity contribution in [2.75, 3.05) is 6.61 Å². The first-order chi connectivity index (χ1) is 16.8. The normalized spacial score (nSPS) is 51.4. The van der Waals surface area contributed by atoms with E-state index in [4.69, 9.17) is 11.2 Å². The van der Waals surface area contributed by atoms with Gasteiger partial charge in [-0.2, -0.15) is 0 Å². The minimum absolute atomic E-state index is 0.0327. The molecule has 0 radical (unpaired) electrons. The fourth-order valence-corrected chi connectivity index (χ4v) is 11.1. The van der Waals surface area contributed by atoms with Gasteiger partial charge in [-0.1, -0.05) is 66.0 Å². The van der Waals surface area contributed by atoms with Gasteiger partial charge in [0.05, 0.1) is 11.5 Å². The lowest BCUT2D eigenvalue weighted by molar-refractivity contribution is -0.207. The molecule has 0 aromatic heterocycles. The molecule has 0 aromatic rings. The first kappa shape index (κ1) is 26.3. The molecule has 5 aliphatic carbocycles. The quantitative estimate of drug-likeness (QED) is 0.251. The highest BCUT2D eigenvalue weighted by atomic mass is 16.5. The monoisotopic (exact) mass is 494 g/mol. The van der Waals surface area contributed by atoms with Gasteiger partial charge in [0.25, 0.3) is 0 Å². The molecule has 3 heteroatoms. The number of allylic oxidation sites excluding steroid dienone is 2. The van der Waals surface area contributed by atoms with Crippen molar-refractivity contribution in [2.45, 2.75) is 112 Å². The van der Waals surface area contributed by atoms with Gasteiger partial charge in [-0.05, 0) is 109 Å². The maximum atomic E-state index is 13.7. The molecular weight excluding hydrogens is 444 g/mol. The van der Waals surface area contributed by atoms with Crippen LogP contribution in [0.4, 0.5) is 0 Å². The van der Waals surface area contributed by atoms with Crippen molar-refractivity contribution in [3.05, 3.63) is 11.6 Å². The van der Waals surface area contributed by atoms with Crippen LogP contribution in [-0.2, 0) is 9.53 Å². The number of fused-ring (bicyclic) bond motifs is 7. The van der Waals surface area contributed by atoms with Crippen LogP contribution in [0.2, 0.25) is 0 Å². The zero-order valence-electron chi connectivity index (χ0n) is 24.0. The number of terminal acetylenes is 1. The second kappa shape index (κ2) is 8.36. The summed E-state index contributed by atoms with van der Waals surface area (Å²) in [7, 11) is 0. The number of carbonyl (C=O) groups excluding carboxylic acids is 1. The van der Waals surface area contributed by atoms with Crippen molar-refractivity contribution < 1.29 is 14.6 Å². The first-order valence-corrected chi connectivity index (χ1v) is 14.8. The Labute approximate surface area is 220 Å². The highest BCUT2D eigenvalue weighted by Crippen LogP contribution is 2.75. The van der Waals surface area contributed by atoms with Crippen LogP contribution in [0.25, 0.3) is 0 Å². The fraction of sp³-hybridized carbons (Fsp3) is 0.848. The average Bonchev–Trinajstić information content (AvgIpc) is 2.83. The third kappa shape index (κ3) is 3.18. The van der Waals surface area contributed by atoms with Gasteiger partial charge >= 0.3 is 5.97 Å². The summed E-state index contributed by atoms with van der Waals surface area (Å²) in [6, 6.07) is 0. The number of aliphatic hydroxyl groups is 1. The fourth-order valence-electron chi connectivity index (χ4n) is 11.1. The van der Waals surface area contributed by atoms with E-state index in [1.165, 1.54) is 12.8 Å². The lowest BCUT2D eigenvalue weighted by Crippen LogP contribution is -2.65. The van der Waals surface area contributed by atoms with Gasteiger partial charge in [0, 0.05) is 0 Å². The van der Waals surface area contributed by atoms with Crippen LogP contribution in [0, 0.1) is 69.0 Å². The average molecular weight is 495 g/mol. The van der Waals surface area contributed by atoms with E-state index in [0.29, 0.717) is 23.7 Å². The molecule has 10 atom stereocenters. The molecular formula is C33H50O3. The molecule has 0 aromatic carbocycles. The van der Waals surface area contributed by atoms with E-state index in [1.807, 2.05) is 0 Å². The van der Waals surface area contributed by atoms with Gasteiger partial charge in [0.1, 0.15) is 0 Å². The molecule has 0 bridgehead atoms. The molecule has 4 saturated carbocycles. The molecule has 0 heterocycles. The molecule has 5 rings (SSSR count). The van der Waals surface area contributed by atoms with Crippen LogP contribution >= 0.6 is 0 Å².